The lowest BCUT2D eigenvalue weighted by Gasteiger charge is -2.32. The number of carbonyl (C=O) groups excluding carboxylic acids is 1. The summed E-state index contributed by atoms with van der Waals surface area (Å²) in [5, 5.41) is 3.11. The average molecular weight is 317 g/mol. The number of hydrogen-bond donors (Lipinski definition) is 2. The molecule has 6 nitrogen and oxygen atoms in total. The molecule has 7 heteroatoms. The summed E-state index contributed by atoms with van der Waals surface area (Å²) in [5.74, 6) is 0.0712. The Hall–Kier alpha value is -0.660. The second kappa shape index (κ2) is 7.56. The van der Waals surface area contributed by atoms with Gasteiger partial charge in [-0.3, -0.25) is 9.69 Å². The van der Waals surface area contributed by atoms with Gasteiger partial charge in [0.05, 0.1) is 12.8 Å². The molecule has 0 spiro atoms. The molecule has 2 aliphatic rings. The van der Waals surface area contributed by atoms with Crippen molar-refractivity contribution in [3.05, 3.63) is 0 Å². The zero-order valence-corrected chi connectivity index (χ0v) is 13.6. The molecule has 0 aromatic heterocycles. The summed E-state index contributed by atoms with van der Waals surface area (Å²) < 4.78 is 25.2. The van der Waals surface area contributed by atoms with Gasteiger partial charge in [-0.25, -0.2) is 13.1 Å². The number of nitrogens with one attached hydrogen (secondary N) is 2. The predicted octanol–water partition coefficient (Wildman–Crippen LogP) is 0.449. The van der Waals surface area contributed by atoms with Crippen molar-refractivity contribution in [3.63, 3.8) is 0 Å². The first-order valence-electron chi connectivity index (χ1n) is 7.91. The Balaban J connectivity index is 1.75. The van der Waals surface area contributed by atoms with Gasteiger partial charge >= 0.3 is 0 Å². The molecule has 1 saturated heterocycles. The third kappa shape index (κ3) is 6.32. The van der Waals surface area contributed by atoms with Crippen LogP contribution in [-0.2, 0) is 14.8 Å². The second-order valence-corrected chi connectivity index (χ2v) is 8.15. The van der Waals surface area contributed by atoms with Gasteiger partial charge < -0.3 is 5.32 Å². The Bertz CT molecular complexity index is 446. The maximum atomic E-state index is 12.1. The minimum Gasteiger partial charge on any atom is -0.352 e. The first-order valence-corrected chi connectivity index (χ1v) is 9.80. The summed E-state index contributed by atoms with van der Waals surface area (Å²) in [6.45, 7) is 1.85. The molecular weight excluding hydrogens is 290 g/mol. The molecule has 1 aliphatic carbocycles. The van der Waals surface area contributed by atoms with Gasteiger partial charge in [0.15, 0.2) is 0 Å². The van der Waals surface area contributed by atoms with E-state index in [-0.39, 0.29) is 11.9 Å². The van der Waals surface area contributed by atoms with Crippen LogP contribution in [0.25, 0.3) is 0 Å². The second-order valence-electron chi connectivity index (χ2n) is 6.37. The van der Waals surface area contributed by atoms with Crippen molar-refractivity contribution in [2.75, 3.05) is 25.9 Å². The molecule has 0 aromatic carbocycles. The van der Waals surface area contributed by atoms with E-state index in [0.717, 1.165) is 32.2 Å². The predicted molar refractivity (Wildman–Crippen MR) is 82.5 cm³/mol. The van der Waals surface area contributed by atoms with E-state index in [1.165, 1.54) is 25.5 Å². The van der Waals surface area contributed by atoms with Crippen LogP contribution >= 0.6 is 0 Å². The molecule has 0 bridgehead atoms. The summed E-state index contributed by atoms with van der Waals surface area (Å²) >= 11 is 0. The largest absolute Gasteiger partial charge is 0.352 e. The zero-order chi connectivity index (χ0) is 15.3. The number of nitrogens with zero attached hydrogens (tertiary/aromatic N) is 1. The van der Waals surface area contributed by atoms with Crippen molar-refractivity contribution in [1.29, 1.82) is 0 Å². The van der Waals surface area contributed by atoms with Gasteiger partial charge in [0, 0.05) is 18.6 Å². The summed E-state index contributed by atoms with van der Waals surface area (Å²) in [5.41, 5.74) is 0. The van der Waals surface area contributed by atoms with Crippen molar-refractivity contribution in [3.8, 4) is 0 Å². The highest BCUT2D eigenvalue weighted by molar-refractivity contribution is 7.88. The van der Waals surface area contributed by atoms with Crippen LogP contribution < -0.4 is 10.0 Å². The van der Waals surface area contributed by atoms with Gasteiger partial charge in [-0.1, -0.05) is 19.3 Å². The molecular formula is C14H27N3O3S. The molecule has 21 heavy (non-hydrogen) atoms. The third-order valence-corrected chi connectivity index (χ3v) is 4.99. The fourth-order valence-electron chi connectivity index (χ4n) is 3.32. The van der Waals surface area contributed by atoms with E-state index in [1.54, 1.807) is 0 Å². The van der Waals surface area contributed by atoms with Crippen LogP contribution in [0.3, 0.4) is 0 Å². The van der Waals surface area contributed by atoms with Gasteiger partial charge in [-0.2, -0.15) is 0 Å². The van der Waals surface area contributed by atoms with Crippen LogP contribution in [0.2, 0.25) is 0 Å². The van der Waals surface area contributed by atoms with E-state index < -0.39 is 10.0 Å². The van der Waals surface area contributed by atoms with E-state index in [4.69, 9.17) is 0 Å². The molecule has 122 valence electrons. The number of amides is 1. The van der Waals surface area contributed by atoms with Gasteiger partial charge in [0.25, 0.3) is 0 Å². The molecule has 0 aromatic rings. The maximum Gasteiger partial charge on any atom is 0.234 e. The number of sulfonamides is 1. The van der Waals surface area contributed by atoms with Crippen LogP contribution in [0.1, 0.15) is 44.9 Å². The molecule has 1 unspecified atom stereocenters. The topological polar surface area (TPSA) is 78.5 Å². The van der Waals surface area contributed by atoms with Gasteiger partial charge in [0.1, 0.15) is 0 Å². The summed E-state index contributed by atoms with van der Waals surface area (Å²) in [6, 6.07) is 0.261. The SMILES string of the molecule is CS(=O)(=O)NC1CCCN(CC(=O)NC2CCCCC2)C1. The normalized spacial score (nSPS) is 25.7. The number of piperidine rings is 1. The molecule has 2 rings (SSSR count). The Morgan fingerprint density at radius 1 is 1.10 bits per heavy atom. The van der Waals surface area contributed by atoms with Gasteiger partial charge in [0.2, 0.25) is 15.9 Å². The van der Waals surface area contributed by atoms with Crippen molar-refractivity contribution >= 4 is 15.9 Å². The minimum absolute atomic E-state index is 0.0712. The third-order valence-electron chi connectivity index (χ3n) is 4.22. The number of rotatable bonds is 5. The summed E-state index contributed by atoms with van der Waals surface area (Å²) in [6.07, 6.45) is 8.80. The minimum atomic E-state index is -3.18. The number of carbonyl (C=O) groups is 1. The van der Waals surface area contributed by atoms with Crippen LogP contribution in [-0.4, -0.2) is 57.2 Å². The molecule has 0 radical (unpaired) electrons. The van der Waals surface area contributed by atoms with E-state index in [9.17, 15) is 13.2 Å². The van der Waals surface area contributed by atoms with Gasteiger partial charge in [-0.05, 0) is 32.2 Å². The molecule has 1 heterocycles. The van der Waals surface area contributed by atoms with Gasteiger partial charge in [-0.15, -0.1) is 0 Å². The van der Waals surface area contributed by atoms with E-state index >= 15 is 0 Å². The number of hydrogen-bond acceptors (Lipinski definition) is 4. The molecule has 1 atom stereocenters. The fourth-order valence-corrected chi connectivity index (χ4v) is 4.12. The highest BCUT2D eigenvalue weighted by atomic mass is 32.2. The Morgan fingerprint density at radius 2 is 1.76 bits per heavy atom. The molecule has 1 amide bonds. The fraction of sp³-hybridized carbons (Fsp3) is 0.929. The monoisotopic (exact) mass is 317 g/mol. The standard InChI is InChI=1S/C14H27N3O3S/c1-21(19,20)16-13-8-5-9-17(10-13)11-14(18)15-12-6-3-2-4-7-12/h12-13,16H,2-11H2,1H3,(H,15,18). The first kappa shape index (κ1) is 16.7. The van der Waals surface area contributed by atoms with E-state index in [1.807, 2.05) is 4.90 Å². The smallest absolute Gasteiger partial charge is 0.234 e. The quantitative estimate of drug-likeness (QED) is 0.772. The summed E-state index contributed by atoms with van der Waals surface area (Å²) in [4.78, 5) is 14.1. The molecule has 1 aliphatic heterocycles. The molecule has 1 saturated carbocycles. The molecule has 2 N–H and O–H groups in total. The summed E-state index contributed by atoms with van der Waals surface area (Å²) in [7, 11) is -3.18. The zero-order valence-electron chi connectivity index (χ0n) is 12.8. The van der Waals surface area contributed by atoms with Crippen molar-refractivity contribution in [2.24, 2.45) is 0 Å². The Morgan fingerprint density at radius 3 is 2.43 bits per heavy atom. The van der Waals surface area contributed by atoms with Crippen LogP contribution in [0.4, 0.5) is 0 Å². The number of likely N-dealkylation sites (tertiary alicyclic amines) is 1. The van der Waals surface area contributed by atoms with Crippen LogP contribution in [0.5, 0.6) is 0 Å². The van der Waals surface area contributed by atoms with Crippen molar-refractivity contribution in [1.82, 2.24) is 14.9 Å². The first-order chi connectivity index (χ1) is 9.92. The van der Waals surface area contributed by atoms with E-state index in [2.05, 4.69) is 10.0 Å². The van der Waals surface area contributed by atoms with Crippen molar-refractivity contribution < 1.29 is 13.2 Å². The van der Waals surface area contributed by atoms with Crippen LogP contribution in [0, 0.1) is 0 Å². The highest BCUT2D eigenvalue weighted by Gasteiger charge is 2.24. The van der Waals surface area contributed by atoms with Crippen molar-refractivity contribution in [2.45, 2.75) is 57.0 Å². The lowest BCUT2D eigenvalue weighted by Crippen LogP contribution is -2.50. The Kier molecular flexibility index (Phi) is 6.01. The average Bonchev–Trinajstić information content (AvgIpc) is 2.38. The lowest BCUT2D eigenvalue weighted by atomic mass is 9.95. The highest BCUT2D eigenvalue weighted by Crippen LogP contribution is 2.17. The maximum absolute atomic E-state index is 12.1. The lowest BCUT2D eigenvalue weighted by molar-refractivity contribution is -0.123. The molecule has 2 fully saturated rings. The Labute approximate surface area is 127 Å². The van der Waals surface area contributed by atoms with E-state index in [0.29, 0.717) is 19.1 Å². The van der Waals surface area contributed by atoms with Crippen LogP contribution in [0.15, 0.2) is 0 Å².